The van der Waals surface area contributed by atoms with E-state index in [2.05, 4.69) is 4.74 Å². The van der Waals surface area contributed by atoms with E-state index in [1.54, 1.807) is 0 Å². The van der Waals surface area contributed by atoms with Gasteiger partial charge in [-0.15, -0.1) is 13.2 Å². The van der Waals surface area contributed by atoms with Gasteiger partial charge in [0.2, 0.25) is 5.58 Å². The van der Waals surface area contributed by atoms with Crippen LogP contribution in [0.1, 0.15) is 0 Å². The average molecular weight is 353 g/mol. The second-order valence-electron chi connectivity index (χ2n) is 5.28. The lowest BCUT2D eigenvalue weighted by atomic mass is 10.2. The SMILES string of the molecule is Oc1cc(O)c2cc3oc4cc(O)c(OC(F)(F)F)cc4c3[o+]c2c1. The summed E-state index contributed by atoms with van der Waals surface area (Å²) in [6.45, 7) is 0. The van der Waals surface area contributed by atoms with Crippen LogP contribution < -0.4 is 4.74 Å². The number of phenolic OH excluding ortho intramolecular Hbond substituents is 3. The molecule has 0 fully saturated rings. The summed E-state index contributed by atoms with van der Waals surface area (Å²) >= 11 is 0. The Morgan fingerprint density at radius 1 is 0.880 bits per heavy atom. The van der Waals surface area contributed by atoms with Gasteiger partial charge in [0.25, 0.3) is 0 Å². The minimum Gasteiger partial charge on any atom is -0.507 e. The molecule has 6 nitrogen and oxygen atoms in total. The summed E-state index contributed by atoms with van der Waals surface area (Å²) in [5.74, 6) is -2.07. The molecule has 2 aromatic heterocycles. The Bertz CT molecular complexity index is 1150. The van der Waals surface area contributed by atoms with Crippen molar-refractivity contribution < 1.29 is 42.1 Å². The molecule has 0 amide bonds. The highest BCUT2D eigenvalue weighted by Crippen LogP contribution is 2.41. The molecular weight excluding hydrogens is 345 g/mol. The third-order valence-electron chi connectivity index (χ3n) is 3.57. The van der Waals surface area contributed by atoms with Crippen molar-refractivity contribution >= 4 is 33.1 Å². The fourth-order valence-corrected chi connectivity index (χ4v) is 2.58. The van der Waals surface area contributed by atoms with Crippen LogP contribution in [0.5, 0.6) is 23.0 Å². The van der Waals surface area contributed by atoms with Crippen molar-refractivity contribution in [2.24, 2.45) is 0 Å². The summed E-state index contributed by atoms with van der Waals surface area (Å²) in [5.41, 5.74) is 0.357. The lowest BCUT2D eigenvalue weighted by Crippen LogP contribution is -2.17. The van der Waals surface area contributed by atoms with Gasteiger partial charge >= 0.3 is 17.5 Å². The molecule has 0 bridgehead atoms. The first-order valence-corrected chi connectivity index (χ1v) is 6.85. The highest BCUT2D eigenvalue weighted by atomic mass is 19.4. The molecule has 0 aliphatic carbocycles. The molecule has 0 saturated carbocycles. The molecule has 3 N–H and O–H groups in total. The third kappa shape index (κ3) is 2.49. The van der Waals surface area contributed by atoms with Crippen LogP contribution in [0.25, 0.3) is 33.1 Å². The summed E-state index contributed by atoms with van der Waals surface area (Å²) in [6, 6.07) is 5.65. The fraction of sp³-hybridized carbons (Fsp3) is 0.0625. The van der Waals surface area contributed by atoms with Gasteiger partial charge in [0, 0.05) is 24.3 Å². The van der Waals surface area contributed by atoms with Gasteiger partial charge in [-0.2, -0.15) is 0 Å². The van der Waals surface area contributed by atoms with E-state index in [-0.39, 0.29) is 44.6 Å². The first kappa shape index (κ1) is 15.2. The van der Waals surface area contributed by atoms with Gasteiger partial charge in [0.05, 0.1) is 6.07 Å². The normalized spacial score (nSPS) is 12.3. The Kier molecular flexibility index (Phi) is 2.93. The Balaban J connectivity index is 2.03. The largest absolute Gasteiger partial charge is 0.573 e. The van der Waals surface area contributed by atoms with Crippen LogP contribution in [0.2, 0.25) is 0 Å². The van der Waals surface area contributed by atoms with Crippen LogP contribution in [0, 0.1) is 0 Å². The number of furan rings is 1. The third-order valence-corrected chi connectivity index (χ3v) is 3.57. The van der Waals surface area contributed by atoms with Crippen LogP contribution in [-0.4, -0.2) is 21.7 Å². The number of benzene rings is 2. The van der Waals surface area contributed by atoms with Gasteiger partial charge in [-0.25, -0.2) is 4.42 Å². The highest BCUT2D eigenvalue weighted by molar-refractivity contribution is 6.05. The summed E-state index contributed by atoms with van der Waals surface area (Å²) < 4.78 is 52.0. The zero-order valence-electron chi connectivity index (χ0n) is 12.1. The van der Waals surface area contributed by atoms with Crippen molar-refractivity contribution in [1.29, 1.82) is 0 Å². The predicted octanol–water partition coefficient (Wildman–Crippen LogP) is 4.63. The number of rotatable bonds is 1. The monoisotopic (exact) mass is 353 g/mol. The van der Waals surface area contributed by atoms with E-state index in [1.165, 1.54) is 12.1 Å². The van der Waals surface area contributed by atoms with Crippen molar-refractivity contribution in [3.63, 3.8) is 0 Å². The van der Waals surface area contributed by atoms with Gasteiger partial charge in [-0.1, -0.05) is 0 Å². The van der Waals surface area contributed by atoms with Crippen LogP contribution in [0.3, 0.4) is 0 Å². The summed E-state index contributed by atoms with van der Waals surface area (Å²) in [5, 5.41) is 29.4. The number of aromatic hydroxyl groups is 3. The van der Waals surface area contributed by atoms with E-state index in [4.69, 9.17) is 8.83 Å². The smallest absolute Gasteiger partial charge is 0.507 e. The van der Waals surface area contributed by atoms with E-state index in [9.17, 15) is 28.5 Å². The van der Waals surface area contributed by atoms with E-state index >= 15 is 0 Å². The second-order valence-corrected chi connectivity index (χ2v) is 5.28. The van der Waals surface area contributed by atoms with Crippen molar-refractivity contribution in [2.45, 2.75) is 6.36 Å². The molecule has 4 rings (SSSR count). The lowest BCUT2D eigenvalue weighted by Gasteiger charge is -2.09. The van der Waals surface area contributed by atoms with E-state index in [1.807, 2.05) is 0 Å². The molecule has 0 radical (unpaired) electrons. The van der Waals surface area contributed by atoms with E-state index in [0.29, 0.717) is 0 Å². The summed E-state index contributed by atoms with van der Waals surface area (Å²) in [7, 11) is 0. The molecule has 0 saturated heterocycles. The first-order chi connectivity index (χ1) is 11.7. The number of ether oxygens (including phenoxy) is 1. The molecular formula is C16H8F3O6+. The van der Waals surface area contributed by atoms with Gasteiger partial charge in [0.15, 0.2) is 11.5 Å². The van der Waals surface area contributed by atoms with Gasteiger partial charge in [0.1, 0.15) is 27.9 Å². The average Bonchev–Trinajstić information content (AvgIpc) is 2.81. The number of halogens is 3. The molecule has 4 aromatic rings. The molecule has 0 aliphatic heterocycles. The maximum absolute atomic E-state index is 12.4. The number of phenols is 3. The number of alkyl halides is 3. The highest BCUT2D eigenvalue weighted by Gasteiger charge is 2.33. The van der Waals surface area contributed by atoms with E-state index < -0.39 is 17.9 Å². The number of hydrogen-bond donors (Lipinski definition) is 3. The molecule has 0 unspecified atom stereocenters. The van der Waals surface area contributed by atoms with Gasteiger partial charge < -0.3 is 24.5 Å². The molecule has 0 atom stereocenters. The molecule has 0 aliphatic rings. The maximum Gasteiger partial charge on any atom is 0.573 e. The zero-order valence-corrected chi connectivity index (χ0v) is 12.1. The van der Waals surface area contributed by atoms with Crippen molar-refractivity contribution in [3.8, 4) is 23.0 Å². The molecule has 2 heterocycles. The Hall–Kier alpha value is -3.36. The Labute approximate surface area is 135 Å². The molecule has 9 heteroatoms. The molecule has 2 aromatic carbocycles. The Morgan fingerprint density at radius 2 is 1.64 bits per heavy atom. The topological polar surface area (TPSA) is 94.4 Å². The number of hydrogen-bond acceptors (Lipinski definition) is 5. The van der Waals surface area contributed by atoms with Gasteiger partial charge in [-0.3, -0.25) is 0 Å². The molecule has 0 spiro atoms. The van der Waals surface area contributed by atoms with Crippen molar-refractivity contribution in [1.82, 2.24) is 0 Å². The molecule has 25 heavy (non-hydrogen) atoms. The van der Waals surface area contributed by atoms with E-state index in [0.717, 1.165) is 18.2 Å². The standard InChI is InChI=1S/C16H7F3O6/c17-16(18,19)25-13-4-8-12(5-10(13)22)23-14-3-7-9(21)1-6(20)2-11(7)24-15(8)14/h1-5H,(H2-,20,21,22)/p+1. The van der Waals surface area contributed by atoms with Crippen LogP contribution in [-0.2, 0) is 0 Å². The minimum absolute atomic E-state index is 0.0600. The van der Waals surface area contributed by atoms with Crippen molar-refractivity contribution in [2.75, 3.05) is 0 Å². The predicted molar refractivity (Wildman–Crippen MR) is 79.6 cm³/mol. The maximum atomic E-state index is 12.4. The first-order valence-electron chi connectivity index (χ1n) is 6.85. The summed E-state index contributed by atoms with van der Waals surface area (Å²) in [4.78, 5) is 0. The lowest BCUT2D eigenvalue weighted by molar-refractivity contribution is -0.275. The van der Waals surface area contributed by atoms with Crippen molar-refractivity contribution in [3.05, 3.63) is 30.3 Å². The minimum atomic E-state index is -4.98. The second kappa shape index (κ2) is 4.82. The number of fused-ring (bicyclic) bond motifs is 4. The Morgan fingerprint density at radius 3 is 2.36 bits per heavy atom. The van der Waals surface area contributed by atoms with Crippen LogP contribution >= 0.6 is 0 Å². The quantitative estimate of drug-likeness (QED) is 0.432. The van der Waals surface area contributed by atoms with Gasteiger partial charge in [-0.05, 0) is 0 Å². The zero-order chi connectivity index (χ0) is 17.9. The molecule has 128 valence electrons. The van der Waals surface area contributed by atoms with Crippen LogP contribution in [0.4, 0.5) is 13.2 Å². The fourth-order valence-electron chi connectivity index (χ4n) is 2.58. The summed E-state index contributed by atoms with van der Waals surface area (Å²) in [6.07, 6.45) is -4.98. The van der Waals surface area contributed by atoms with Crippen LogP contribution in [0.15, 0.2) is 39.2 Å².